The summed E-state index contributed by atoms with van der Waals surface area (Å²) in [5.41, 5.74) is 10.1. The number of nitrogens with zero attached hydrogens (tertiary/aromatic N) is 20. The van der Waals surface area contributed by atoms with Crippen molar-refractivity contribution in [3.8, 4) is 45.3 Å². The average molecular weight is 1110 g/mol. The third-order valence-electron chi connectivity index (χ3n) is 15.8. The third kappa shape index (κ3) is 8.92. The molecule has 2 atom stereocenters. The van der Waals surface area contributed by atoms with Crippen molar-refractivity contribution < 1.29 is 26.5 Å². The zero-order valence-corrected chi connectivity index (χ0v) is 45.6. The van der Waals surface area contributed by atoms with Gasteiger partial charge in [-0.3, -0.25) is 19.9 Å². The molecule has 0 aromatic carbocycles. The van der Waals surface area contributed by atoms with E-state index in [1.807, 2.05) is 61.3 Å². The van der Waals surface area contributed by atoms with E-state index in [4.69, 9.17) is 37.6 Å². The minimum absolute atomic E-state index is 0.0301. The molecule has 2 unspecified atom stereocenters. The number of hydrogen-bond donors (Lipinski definition) is 0. The van der Waals surface area contributed by atoms with E-state index < -0.39 is 37.4 Å². The first kappa shape index (κ1) is 45.6. The number of ether oxygens (including phenoxy) is 2. The molecule has 2 aliphatic rings. The molecule has 0 amide bonds. The van der Waals surface area contributed by atoms with E-state index in [0.717, 1.165) is 55.7 Å². The van der Waals surface area contributed by atoms with Crippen LogP contribution in [0.1, 0.15) is 80.2 Å². The molecular formula is C58H58F2N20O2. The van der Waals surface area contributed by atoms with Gasteiger partial charge in [0.15, 0.2) is 0 Å². The number of rotatable bonds is 10. The van der Waals surface area contributed by atoms with E-state index in [2.05, 4.69) is 51.2 Å². The number of hydrogen-bond acceptors (Lipinski definition) is 16. The van der Waals surface area contributed by atoms with Crippen molar-refractivity contribution in [3.63, 3.8) is 0 Å². The second-order valence-corrected chi connectivity index (χ2v) is 20.7. The number of aromatic nitrogens is 20. The second kappa shape index (κ2) is 21.1. The van der Waals surface area contributed by atoms with Gasteiger partial charge in [-0.15, -0.1) is 20.4 Å². The smallest absolute Gasteiger partial charge is 0.146 e. The monoisotopic (exact) mass is 1110 g/mol. The molecule has 14 rings (SSSR count). The van der Waals surface area contributed by atoms with Crippen LogP contribution in [-0.4, -0.2) is 125 Å². The predicted octanol–water partition coefficient (Wildman–Crippen LogP) is 8.68. The summed E-state index contributed by atoms with van der Waals surface area (Å²) in [7, 11) is 6.90. The van der Waals surface area contributed by atoms with Crippen molar-refractivity contribution in [2.24, 2.45) is 40.0 Å². The van der Waals surface area contributed by atoms with Gasteiger partial charge in [0.2, 0.25) is 0 Å². The molecule has 0 radical (unpaired) electrons. The summed E-state index contributed by atoms with van der Waals surface area (Å²) >= 11 is 0. The molecule has 0 aliphatic carbocycles. The molecule has 24 heteroatoms. The van der Waals surface area contributed by atoms with Crippen LogP contribution in [0.3, 0.4) is 0 Å². The summed E-state index contributed by atoms with van der Waals surface area (Å²) in [6, 6.07) is 16.1. The largest absolute Gasteiger partial charge is 0.381 e. The van der Waals surface area contributed by atoms with Crippen molar-refractivity contribution in [1.29, 1.82) is 0 Å². The maximum Gasteiger partial charge on any atom is 0.146 e. The highest BCUT2D eigenvalue weighted by Gasteiger charge is 2.36. The SMILES string of the molecule is [2H]C([2H])([2H])c1nnn(C)c1-c1ccc2c3ncc(-c4c(C)nnn4C)cc3n(C(c3ncccc3F)C3CCOCC3)c2n1.[2H]C([2H])([2H])c1nnn(C)c1-c1ccc2c3ncc(-c4c(C)nnn4C)cc3n(C(c3ncccc3F)C3CCOCC3)c2n1. The van der Waals surface area contributed by atoms with Gasteiger partial charge >= 0.3 is 0 Å². The van der Waals surface area contributed by atoms with Gasteiger partial charge < -0.3 is 18.6 Å². The Hall–Kier alpha value is -9.16. The molecular weight excluding hydrogens is 1050 g/mol. The Balaban J connectivity index is 0.000000162. The molecule has 0 saturated carbocycles. The Morgan fingerprint density at radius 2 is 0.902 bits per heavy atom. The molecule has 22 nitrogen and oxygen atoms in total. The summed E-state index contributed by atoms with van der Waals surface area (Å²) in [6.45, 7) is 0.924. The van der Waals surface area contributed by atoms with Gasteiger partial charge in [-0.1, -0.05) is 20.9 Å². The number of fused-ring (bicyclic) bond motifs is 6. The molecule has 2 saturated heterocycles. The number of halogens is 2. The van der Waals surface area contributed by atoms with Crippen molar-refractivity contribution in [2.75, 3.05) is 26.4 Å². The maximum atomic E-state index is 15.7. The fraction of sp³-hybridized carbons (Fsp3) is 0.345. The van der Waals surface area contributed by atoms with Crippen LogP contribution in [0.4, 0.5) is 8.78 Å². The van der Waals surface area contributed by atoms with E-state index in [1.165, 1.54) is 21.5 Å². The van der Waals surface area contributed by atoms with Crippen LogP contribution in [0.25, 0.3) is 89.4 Å². The van der Waals surface area contributed by atoms with Crippen LogP contribution in [0.2, 0.25) is 0 Å². The molecule has 0 bridgehead atoms. The summed E-state index contributed by atoms with van der Waals surface area (Å²) in [4.78, 5) is 29.0. The lowest BCUT2D eigenvalue weighted by atomic mass is 9.88. The molecule has 12 aromatic rings. The summed E-state index contributed by atoms with van der Waals surface area (Å²) < 4.78 is 101. The van der Waals surface area contributed by atoms with Crippen molar-refractivity contribution >= 4 is 44.1 Å². The Morgan fingerprint density at radius 1 is 0.512 bits per heavy atom. The standard InChI is InChI=1S/2C29H29FN10O/c2*1-16-26(38(3)36-34-16)19-14-23-24(32-15-19)20-7-8-22(27-17(2)35-37-39(27)4)33-29(20)40(23)28(18-9-12-41-13-10-18)25-21(30)6-5-11-31-25/h2*5-8,11,14-15,18,28H,9-10,12-13H2,1-4H3/i2*2D3. The van der Waals surface area contributed by atoms with E-state index in [1.54, 1.807) is 72.5 Å². The van der Waals surface area contributed by atoms with Crippen LogP contribution in [-0.2, 0) is 37.7 Å². The zero-order chi connectivity index (χ0) is 61.5. The molecule has 0 spiro atoms. The Labute approximate surface area is 476 Å². The molecule has 2 aliphatic heterocycles. The molecule has 416 valence electrons. The summed E-state index contributed by atoms with van der Waals surface area (Å²) in [5, 5.41) is 34.1. The molecule has 14 heterocycles. The minimum atomic E-state index is -2.50. The van der Waals surface area contributed by atoms with Gasteiger partial charge in [0.25, 0.3) is 0 Å². The summed E-state index contributed by atoms with van der Waals surface area (Å²) in [5.74, 6) is -0.909. The average Bonchev–Trinajstić information content (AvgIpc) is 1.60. The van der Waals surface area contributed by atoms with Crippen molar-refractivity contribution in [1.82, 2.24) is 99.0 Å². The third-order valence-corrected chi connectivity index (χ3v) is 15.8. The van der Waals surface area contributed by atoms with Crippen molar-refractivity contribution in [3.05, 3.63) is 131 Å². The number of pyridine rings is 6. The first-order valence-electron chi connectivity index (χ1n) is 29.8. The van der Waals surface area contributed by atoms with Gasteiger partial charge in [-0.2, -0.15) is 0 Å². The van der Waals surface area contributed by atoms with Crippen molar-refractivity contribution in [2.45, 2.75) is 65.3 Å². The molecule has 82 heavy (non-hydrogen) atoms. The van der Waals surface area contributed by atoms with Crippen LogP contribution < -0.4 is 0 Å². The highest BCUT2D eigenvalue weighted by Crippen LogP contribution is 2.44. The van der Waals surface area contributed by atoms with E-state index in [0.29, 0.717) is 97.2 Å². The second-order valence-electron chi connectivity index (χ2n) is 20.7. The lowest BCUT2D eigenvalue weighted by molar-refractivity contribution is 0.0541. The number of aryl methyl sites for hydroxylation is 8. The lowest BCUT2D eigenvalue weighted by Crippen LogP contribution is -2.28. The summed E-state index contributed by atoms with van der Waals surface area (Å²) in [6.07, 6.45) is 9.49. The molecule has 0 N–H and O–H groups in total. The predicted molar refractivity (Wildman–Crippen MR) is 301 cm³/mol. The first-order valence-corrected chi connectivity index (χ1v) is 26.8. The Kier molecular flexibility index (Phi) is 11.7. The van der Waals surface area contributed by atoms with Gasteiger partial charge in [-0.05, 0) is 126 Å². The van der Waals surface area contributed by atoms with Gasteiger partial charge in [0.05, 0.1) is 91.1 Å². The lowest BCUT2D eigenvalue weighted by Gasteiger charge is -2.32. The highest BCUT2D eigenvalue weighted by molar-refractivity contribution is 6.07. The highest BCUT2D eigenvalue weighted by atomic mass is 19.1. The zero-order valence-electron chi connectivity index (χ0n) is 51.6. The fourth-order valence-electron chi connectivity index (χ4n) is 12.0. The quantitative estimate of drug-likeness (QED) is 0.125. The van der Waals surface area contributed by atoms with Gasteiger partial charge in [0.1, 0.15) is 34.3 Å². The van der Waals surface area contributed by atoms with Gasteiger partial charge in [0, 0.05) is 110 Å². The van der Waals surface area contributed by atoms with E-state index in [9.17, 15) is 0 Å². The molecule has 2 fully saturated rings. The van der Waals surface area contributed by atoms with Gasteiger partial charge in [-0.25, -0.2) is 37.5 Å². The molecule has 12 aromatic heterocycles. The van der Waals surface area contributed by atoms with Crippen LogP contribution in [0.15, 0.2) is 85.5 Å². The normalized spacial score (nSPS) is 16.6. The first-order chi connectivity index (χ1) is 42.3. The Morgan fingerprint density at radius 3 is 1.27 bits per heavy atom. The van der Waals surface area contributed by atoms with E-state index in [-0.39, 0.29) is 34.6 Å². The Bertz CT molecular complexity index is 4300. The minimum Gasteiger partial charge on any atom is -0.381 e. The maximum absolute atomic E-state index is 15.7. The van der Waals surface area contributed by atoms with Crippen LogP contribution in [0, 0.1) is 51.0 Å². The van der Waals surface area contributed by atoms with Crippen LogP contribution >= 0.6 is 0 Å². The topological polar surface area (TPSA) is 228 Å². The van der Waals surface area contributed by atoms with Crippen LogP contribution in [0.5, 0.6) is 0 Å². The van der Waals surface area contributed by atoms with E-state index >= 15 is 8.78 Å². The fourth-order valence-corrected chi connectivity index (χ4v) is 12.0.